The maximum absolute atomic E-state index is 6.31. The second-order valence-electron chi connectivity index (χ2n) is 19.1. The van der Waals surface area contributed by atoms with Gasteiger partial charge in [0.25, 0.3) is 0 Å². The van der Waals surface area contributed by atoms with Crippen LogP contribution in [-0.2, 0) is 0 Å². The van der Waals surface area contributed by atoms with E-state index in [2.05, 4.69) is 240 Å². The van der Waals surface area contributed by atoms with Crippen molar-refractivity contribution in [1.82, 2.24) is 24.1 Å². The van der Waals surface area contributed by atoms with Crippen LogP contribution in [0.5, 0.6) is 0 Å². The molecule has 11 aromatic carbocycles. The standard InChI is InChI=1S/C69H43N5O/c1-4-18-44(19-5-1)46-35-38-61-58(41-46)66-53(29-17-32-62(66)73(61)51-24-8-3-9-25-51)47-22-16-23-49(40-47)68-70-67(45-20-6-2-7-21-45)71-69(72-68)50-34-37-52(48-36-39-65-57(42-48)56-28-12-15-33-64(56)75-65)63(43-50)74-59-30-13-10-26-54(59)55-27-11-14-31-60(55)74/h1-43H. The molecule has 0 atom stereocenters. The topological polar surface area (TPSA) is 61.7 Å². The lowest BCUT2D eigenvalue weighted by Crippen LogP contribution is -2.02. The monoisotopic (exact) mass is 957 g/mol. The van der Waals surface area contributed by atoms with Gasteiger partial charge in [-0.3, -0.25) is 0 Å². The fraction of sp³-hybridized carbons (Fsp3) is 0. The first-order valence-electron chi connectivity index (χ1n) is 25.3. The van der Waals surface area contributed by atoms with Crippen LogP contribution >= 0.6 is 0 Å². The normalized spacial score (nSPS) is 11.7. The Morgan fingerprint density at radius 2 is 0.773 bits per heavy atom. The van der Waals surface area contributed by atoms with Crippen LogP contribution in [0.3, 0.4) is 0 Å². The molecule has 0 spiro atoms. The predicted octanol–water partition coefficient (Wildman–Crippen LogP) is 18.0. The summed E-state index contributed by atoms with van der Waals surface area (Å²) >= 11 is 0. The van der Waals surface area contributed by atoms with E-state index in [1.165, 1.54) is 32.7 Å². The molecule has 0 fully saturated rings. The van der Waals surface area contributed by atoms with Crippen LogP contribution in [0.25, 0.3) is 144 Å². The highest BCUT2D eigenvalue weighted by atomic mass is 16.3. The van der Waals surface area contributed by atoms with Crippen LogP contribution in [0.2, 0.25) is 0 Å². The molecule has 0 radical (unpaired) electrons. The van der Waals surface area contributed by atoms with Crippen LogP contribution in [0.4, 0.5) is 0 Å². The molecule has 0 aliphatic heterocycles. The minimum Gasteiger partial charge on any atom is -0.456 e. The summed E-state index contributed by atoms with van der Waals surface area (Å²) in [6.07, 6.45) is 0. The van der Waals surface area contributed by atoms with Crippen LogP contribution in [0.15, 0.2) is 265 Å². The first kappa shape index (κ1) is 42.5. The molecule has 0 saturated carbocycles. The van der Waals surface area contributed by atoms with E-state index >= 15 is 0 Å². The average Bonchev–Trinajstić information content (AvgIpc) is 4.20. The Hall–Kier alpha value is -10.2. The maximum Gasteiger partial charge on any atom is 0.164 e. The van der Waals surface area contributed by atoms with Crippen molar-refractivity contribution in [3.8, 4) is 78.9 Å². The van der Waals surface area contributed by atoms with Crippen molar-refractivity contribution in [2.24, 2.45) is 0 Å². The molecule has 4 heterocycles. The lowest BCUT2D eigenvalue weighted by Gasteiger charge is -2.16. The van der Waals surface area contributed by atoms with E-state index in [9.17, 15) is 0 Å². The molecule has 6 heteroatoms. The zero-order valence-corrected chi connectivity index (χ0v) is 40.5. The average molecular weight is 958 g/mol. The van der Waals surface area contributed by atoms with Gasteiger partial charge in [0.05, 0.1) is 27.8 Å². The van der Waals surface area contributed by atoms with Gasteiger partial charge in [-0.05, 0) is 101 Å². The summed E-state index contributed by atoms with van der Waals surface area (Å²) in [5.41, 5.74) is 17.7. The van der Waals surface area contributed by atoms with Crippen molar-refractivity contribution in [2.75, 3.05) is 0 Å². The molecule has 75 heavy (non-hydrogen) atoms. The summed E-state index contributed by atoms with van der Waals surface area (Å²) in [5, 5.41) is 6.91. The minimum atomic E-state index is 0.579. The third-order valence-electron chi connectivity index (χ3n) is 14.8. The van der Waals surface area contributed by atoms with Gasteiger partial charge in [-0.1, -0.05) is 188 Å². The van der Waals surface area contributed by atoms with E-state index in [-0.39, 0.29) is 0 Å². The Morgan fingerprint density at radius 1 is 0.267 bits per heavy atom. The van der Waals surface area contributed by atoms with Crippen LogP contribution in [0.1, 0.15) is 0 Å². The molecule has 0 unspecified atom stereocenters. The summed E-state index contributed by atoms with van der Waals surface area (Å²) < 4.78 is 11.1. The van der Waals surface area contributed by atoms with E-state index in [4.69, 9.17) is 19.4 Å². The second-order valence-corrected chi connectivity index (χ2v) is 19.1. The molecule has 0 saturated heterocycles. The third-order valence-corrected chi connectivity index (χ3v) is 14.8. The molecular weight excluding hydrogens is 915 g/mol. The van der Waals surface area contributed by atoms with Crippen molar-refractivity contribution >= 4 is 65.6 Å². The summed E-state index contributed by atoms with van der Waals surface area (Å²) in [6.45, 7) is 0. The molecule has 15 rings (SSSR count). The number of hydrogen-bond donors (Lipinski definition) is 0. The van der Waals surface area contributed by atoms with Crippen LogP contribution in [-0.4, -0.2) is 24.1 Å². The third kappa shape index (κ3) is 7.07. The predicted molar refractivity (Wildman–Crippen MR) is 308 cm³/mol. The Balaban J connectivity index is 0.930. The number of rotatable bonds is 8. The highest BCUT2D eigenvalue weighted by molar-refractivity contribution is 6.17. The number of fused-ring (bicyclic) bond motifs is 9. The first-order chi connectivity index (χ1) is 37.2. The van der Waals surface area contributed by atoms with Gasteiger partial charge < -0.3 is 13.6 Å². The summed E-state index contributed by atoms with van der Waals surface area (Å²) in [7, 11) is 0. The largest absolute Gasteiger partial charge is 0.456 e. The van der Waals surface area contributed by atoms with Crippen molar-refractivity contribution in [1.29, 1.82) is 0 Å². The molecule has 4 aromatic heterocycles. The quantitative estimate of drug-likeness (QED) is 0.152. The van der Waals surface area contributed by atoms with Gasteiger partial charge in [0.1, 0.15) is 11.2 Å². The summed E-state index contributed by atoms with van der Waals surface area (Å²) in [5.74, 6) is 1.77. The van der Waals surface area contributed by atoms with Gasteiger partial charge in [0, 0.05) is 60.3 Å². The summed E-state index contributed by atoms with van der Waals surface area (Å²) in [4.78, 5) is 16.0. The van der Waals surface area contributed by atoms with Crippen molar-refractivity contribution < 1.29 is 4.42 Å². The molecule has 0 aliphatic carbocycles. The van der Waals surface area contributed by atoms with Gasteiger partial charge >= 0.3 is 0 Å². The van der Waals surface area contributed by atoms with Crippen molar-refractivity contribution in [3.05, 3.63) is 261 Å². The molecule has 350 valence electrons. The van der Waals surface area contributed by atoms with Gasteiger partial charge in [-0.15, -0.1) is 0 Å². The second kappa shape index (κ2) is 17.3. The Morgan fingerprint density at radius 3 is 1.52 bits per heavy atom. The van der Waals surface area contributed by atoms with Crippen molar-refractivity contribution in [3.63, 3.8) is 0 Å². The molecule has 6 nitrogen and oxygen atoms in total. The van der Waals surface area contributed by atoms with E-state index in [0.29, 0.717) is 17.5 Å². The fourth-order valence-electron chi connectivity index (χ4n) is 11.3. The molecule has 0 N–H and O–H groups in total. The molecule has 0 aliphatic rings. The first-order valence-corrected chi connectivity index (χ1v) is 25.3. The smallest absolute Gasteiger partial charge is 0.164 e. The highest BCUT2D eigenvalue weighted by Gasteiger charge is 2.22. The number of para-hydroxylation sites is 4. The van der Waals surface area contributed by atoms with Gasteiger partial charge in [-0.2, -0.15) is 0 Å². The van der Waals surface area contributed by atoms with Gasteiger partial charge in [0.2, 0.25) is 0 Å². The highest BCUT2D eigenvalue weighted by Crippen LogP contribution is 2.43. The molecule has 0 amide bonds. The number of hydrogen-bond acceptors (Lipinski definition) is 4. The lowest BCUT2D eigenvalue weighted by atomic mass is 9.96. The van der Waals surface area contributed by atoms with E-state index < -0.39 is 0 Å². The Kier molecular flexibility index (Phi) is 9.78. The lowest BCUT2D eigenvalue weighted by molar-refractivity contribution is 0.669. The van der Waals surface area contributed by atoms with Crippen LogP contribution < -0.4 is 0 Å². The van der Waals surface area contributed by atoms with Crippen molar-refractivity contribution in [2.45, 2.75) is 0 Å². The zero-order valence-electron chi connectivity index (χ0n) is 40.5. The fourth-order valence-corrected chi connectivity index (χ4v) is 11.3. The van der Waals surface area contributed by atoms with E-state index in [1.54, 1.807) is 0 Å². The number of nitrogens with zero attached hydrogens (tertiary/aromatic N) is 5. The van der Waals surface area contributed by atoms with E-state index in [1.807, 2.05) is 30.3 Å². The minimum absolute atomic E-state index is 0.579. The van der Waals surface area contributed by atoms with Gasteiger partial charge in [-0.25, -0.2) is 15.0 Å². The maximum atomic E-state index is 6.31. The molecule has 15 aromatic rings. The van der Waals surface area contributed by atoms with E-state index in [0.717, 1.165) is 94.3 Å². The Bertz CT molecular complexity index is 4650. The number of benzene rings is 11. The van der Waals surface area contributed by atoms with Gasteiger partial charge in [0.15, 0.2) is 17.5 Å². The summed E-state index contributed by atoms with van der Waals surface area (Å²) in [6, 6.07) is 92.4. The Labute approximate surface area is 431 Å². The molecule has 0 bridgehead atoms. The molecular formula is C69H43N5O. The van der Waals surface area contributed by atoms with Crippen LogP contribution in [0, 0.1) is 0 Å². The number of aromatic nitrogens is 5. The SMILES string of the molecule is c1ccc(-c2ccc3c(c2)c2c(-c4cccc(-c5nc(-c6ccccc6)nc(-c6ccc(-c7ccc8oc9ccccc9c8c7)c(-n7c8ccccc8c8ccccc87)c6)n5)c4)cccc2n3-c2ccccc2)cc1. The number of furan rings is 1. The zero-order chi connectivity index (χ0) is 49.4.